The van der Waals surface area contributed by atoms with Gasteiger partial charge in [-0.1, -0.05) is 11.6 Å². The highest BCUT2D eigenvalue weighted by Gasteiger charge is 2.16. The van der Waals surface area contributed by atoms with Crippen LogP contribution in [0.4, 0.5) is 0 Å². The van der Waals surface area contributed by atoms with E-state index < -0.39 is 0 Å². The Bertz CT molecular complexity index is 377. The Labute approximate surface area is 114 Å². The topological polar surface area (TPSA) is 29.5 Å². The molecular formula is C11H14ClNO2S2. The number of ether oxygens (including phenoxy) is 1. The van der Waals surface area contributed by atoms with Crippen LogP contribution < -0.4 is 0 Å². The highest BCUT2D eigenvalue weighted by atomic mass is 35.5. The highest BCUT2D eigenvalue weighted by molar-refractivity contribution is 7.99. The molecular weight excluding hydrogens is 278 g/mol. The number of carbonyl (C=O) groups excluding carboxylic acids is 1. The number of rotatable bonds is 4. The molecule has 0 bridgehead atoms. The maximum Gasteiger partial charge on any atom is 0.232 e. The molecule has 0 unspecified atom stereocenters. The van der Waals surface area contributed by atoms with Crippen LogP contribution in [-0.4, -0.2) is 42.9 Å². The first kappa shape index (κ1) is 13.2. The normalized spacial score (nSPS) is 16.2. The molecule has 2 rings (SSSR count). The minimum absolute atomic E-state index is 0.209. The Morgan fingerprint density at radius 2 is 2.24 bits per heavy atom. The Morgan fingerprint density at radius 1 is 1.47 bits per heavy atom. The van der Waals surface area contributed by atoms with Gasteiger partial charge in [0.1, 0.15) is 0 Å². The van der Waals surface area contributed by atoms with E-state index in [2.05, 4.69) is 0 Å². The summed E-state index contributed by atoms with van der Waals surface area (Å²) < 4.78 is 6.02. The SMILES string of the molecule is O=C(CSCc1ccc(Cl)s1)N1CCOCC1. The lowest BCUT2D eigenvalue weighted by molar-refractivity contribution is -0.132. The van der Waals surface area contributed by atoms with E-state index in [0.717, 1.165) is 23.2 Å². The van der Waals surface area contributed by atoms with E-state index in [1.807, 2.05) is 17.0 Å². The Hall–Kier alpha value is -0.230. The first-order valence-electron chi connectivity index (χ1n) is 5.43. The maximum absolute atomic E-state index is 11.8. The fourth-order valence-corrected chi connectivity index (χ4v) is 3.70. The number of carbonyl (C=O) groups is 1. The second-order valence-corrected chi connectivity index (χ2v) is 6.48. The molecule has 1 aromatic rings. The van der Waals surface area contributed by atoms with Crippen molar-refractivity contribution < 1.29 is 9.53 Å². The summed E-state index contributed by atoms with van der Waals surface area (Å²) in [5, 5.41) is 0. The van der Waals surface area contributed by atoms with E-state index in [4.69, 9.17) is 16.3 Å². The van der Waals surface area contributed by atoms with Crippen LogP contribution in [0.25, 0.3) is 0 Å². The van der Waals surface area contributed by atoms with E-state index in [1.54, 1.807) is 23.1 Å². The number of morpholine rings is 1. The van der Waals surface area contributed by atoms with Gasteiger partial charge in [0.05, 0.1) is 23.3 Å². The minimum atomic E-state index is 0.209. The van der Waals surface area contributed by atoms with E-state index >= 15 is 0 Å². The summed E-state index contributed by atoms with van der Waals surface area (Å²) in [6, 6.07) is 3.91. The minimum Gasteiger partial charge on any atom is -0.378 e. The third kappa shape index (κ3) is 4.17. The number of nitrogens with zero attached hydrogens (tertiary/aromatic N) is 1. The predicted molar refractivity (Wildman–Crippen MR) is 72.9 cm³/mol. The van der Waals surface area contributed by atoms with Crippen LogP contribution in [-0.2, 0) is 15.3 Å². The largest absolute Gasteiger partial charge is 0.378 e. The van der Waals surface area contributed by atoms with Crippen molar-refractivity contribution in [1.29, 1.82) is 0 Å². The van der Waals surface area contributed by atoms with E-state index in [1.165, 1.54) is 4.88 Å². The molecule has 0 spiro atoms. The van der Waals surface area contributed by atoms with Gasteiger partial charge in [0.2, 0.25) is 5.91 Å². The lowest BCUT2D eigenvalue weighted by Crippen LogP contribution is -2.41. The molecule has 2 heterocycles. The molecule has 1 saturated heterocycles. The molecule has 17 heavy (non-hydrogen) atoms. The zero-order valence-corrected chi connectivity index (χ0v) is 11.7. The summed E-state index contributed by atoms with van der Waals surface area (Å²) in [7, 11) is 0. The second-order valence-electron chi connectivity index (χ2n) is 3.69. The molecule has 94 valence electrons. The number of thiophene rings is 1. The van der Waals surface area contributed by atoms with Gasteiger partial charge in [0.25, 0.3) is 0 Å². The zero-order chi connectivity index (χ0) is 12.1. The molecule has 1 aromatic heterocycles. The molecule has 0 N–H and O–H groups in total. The van der Waals surface area contributed by atoms with Crippen molar-refractivity contribution in [2.24, 2.45) is 0 Å². The third-order valence-corrected chi connectivity index (χ3v) is 4.84. The fraction of sp³-hybridized carbons (Fsp3) is 0.545. The molecule has 0 radical (unpaired) electrons. The van der Waals surface area contributed by atoms with Crippen molar-refractivity contribution in [2.75, 3.05) is 32.1 Å². The van der Waals surface area contributed by atoms with E-state index in [9.17, 15) is 4.79 Å². The average molecular weight is 292 g/mol. The molecule has 3 nitrogen and oxygen atoms in total. The summed E-state index contributed by atoms with van der Waals surface area (Å²) >= 11 is 9.06. The van der Waals surface area contributed by atoms with Crippen molar-refractivity contribution in [3.8, 4) is 0 Å². The maximum atomic E-state index is 11.8. The number of amides is 1. The fourth-order valence-electron chi connectivity index (χ4n) is 1.57. The van der Waals surface area contributed by atoms with Crippen LogP contribution in [0.5, 0.6) is 0 Å². The molecule has 1 aliphatic rings. The molecule has 0 saturated carbocycles. The highest BCUT2D eigenvalue weighted by Crippen LogP contribution is 2.25. The molecule has 1 aliphatic heterocycles. The van der Waals surface area contributed by atoms with Crippen LogP contribution in [0.15, 0.2) is 12.1 Å². The number of hydrogen-bond acceptors (Lipinski definition) is 4. The summed E-state index contributed by atoms with van der Waals surface area (Å²) in [6.07, 6.45) is 0. The lowest BCUT2D eigenvalue weighted by Gasteiger charge is -2.26. The van der Waals surface area contributed by atoms with Gasteiger partial charge in [-0.3, -0.25) is 4.79 Å². The van der Waals surface area contributed by atoms with Gasteiger partial charge >= 0.3 is 0 Å². The predicted octanol–water partition coefficient (Wildman–Crippen LogP) is 2.49. The van der Waals surface area contributed by atoms with Gasteiger partial charge in [-0.2, -0.15) is 0 Å². The van der Waals surface area contributed by atoms with Crippen LogP contribution in [0.1, 0.15) is 4.88 Å². The third-order valence-electron chi connectivity index (χ3n) is 2.46. The van der Waals surface area contributed by atoms with Gasteiger partial charge in [0, 0.05) is 23.7 Å². The summed E-state index contributed by atoms with van der Waals surface area (Å²) in [6.45, 7) is 2.78. The lowest BCUT2D eigenvalue weighted by atomic mass is 10.4. The van der Waals surface area contributed by atoms with Gasteiger partial charge < -0.3 is 9.64 Å². The Kier molecular flexibility index (Phi) is 5.16. The molecule has 0 aromatic carbocycles. The van der Waals surface area contributed by atoms with Crippen molar-refractivity contribution >= 4 is 40.6 Å². The van der Waals surface area contributed by atoms with Crippen molar-refractivity contribution in [1.82, 2.24) is 4.90 Å². The van der Waals surface area contributed by atoms with E-state index in [-0.39, 0.29) is 5.91 Å². The second kappa shape index (κ2) is 6.64. The molecule has 0 aliphatic carbocycles. The average Bonchev–Trinajstić information content (AvgIpc) is 2.76. The quantitative estimate of drug-likeness (QED) is 0.854. The standard InChI is InChI=1S/C11H14ClNO2S2/c12-10-2-1-9(17-10)7-16-8-11(14)13-3-5-15-6-4-13/h1-2H,3-8H2. The van der Waals surface area contributed by atoms with Crippen molar-refractivity contribution in [3.63, 3.8) is 0 Å². The molecule has 6 heteroatoms. The summed E-state index contributed by atoms with van der Waals surface area (Å²) in [4.78, 5) is 14.9. The number of halogens is 1. The van der Waals surface area contributed by atoms with Gasteiger partial charge in [-0.25, -0.2) is 0 Å². The number of hydrogen-bond donors (Lipinski definition) is 0. The Morgan fingerprint density at radius 3 is 2.88 bits per heavy atom. The summed E-state index contributed by atoms with van der Waals surface area (Å²) in [5.41, 5.74) is 0. The molecule has 0 atom stereocenters. The van der Waals surface area contributed by atoms with Gasteiger partial charge in [-0.05, 0) is 12.1 Å². The molecule has 1 amide bonds. The Balaban J connectivity index is 1.69. The number of thioether (sulfide) groups is 1. The van der Waals surface area contributed by atoms with Gasteiger partial charge in [0.15, 0.2) is 0 Å². The first-order chi connectivity index (χ1) is 8.25. The first-order valence-corrected chi connectivity index (χ1v) is 7.78. The van der Waals surface area contributed by atoms with Crippen LogP contribution in [0.3, 0.4) is 0 Å². The smallest absolute Gasteiger partial charge is 0.232 e. The van der Waals surface area contributed by atoms with Crippen LogP contribution >= 0.6 is 34.7 Å². The van der Waals surface area contributed by atoms with Crippen LogP contribution in [0.2, 0.25) is 4.34 Å². The summed E-state index contributed by atoms with van der Waals surface area (Å²) in [5.74, 6) is 1.60. The van der Waals surface area contributed by atoms with E-state index in [0.29, 0.717) is 19.0 Å². The van der Waals surface area contributed by atoms with Crippen LogP contribution in [0, 0.1) is 0 Å². The molecule has 1 fully saturated rings. The zero-order valence-electron chi connectivity index (χ0n) is 9.36. The van der Waals surface area contributed by atoms with Crippen molar-refractivity contribution in [3.05, 3.63) is 21.3 Å². The van der Waals surface area contributed by atoms with Crippen molar-refractivity contribution in [2.45, 2.75) is 5.75 Å². The monoisotopic (exact) mass is 291 g/mol. The van der Waals surface area contributed by atoms with Gasteiger partial charge in [-0.15, -0.1) is 23.1 Å².